The van der Waals surface area contributed by atoms with Gasteiger partial charge in [-0.05, 0) is 80.1 Å². The Labute approximate surface area is 273 Å². The number of ether oxygens (including phenoxy) is 1. The molecule has 0 spiro atoms. The molecule has 0 bridgehead atoms. The van der Waals surface area contributed by atoms with E-state index in [-0.39, 0.29) is 23.2 Å². The van der Waals surface area contributed by atoms with Gasteiger partial charge in [0.05, 0.1) is 23.7 Å². The summed E-state index contributed by atoms with van der Waals surface area (Å²) in [7, 11) is 1.55. The minimum atomic E-state index is -0.779. The maximum absolute atomic E-state index is 14.2. The van der Waals surface area contributed by atoms with Gasteiger partial charge in [-0.1, -0.05) is 46.8 Å². The second kappa shape index (κ2) is 12.7. The molecule has 232 valence electrons. The number of hydrogen-bond acceptors (Lipinski definition) is 8. The van der Waals surface area contributed by atoms with Gasteiger partial charge in [-0.2, -0.15) is 0 Å². The van der Waals surface area contributed by atoms with Crippen LogP contribution < -0.4 is 24.7 Å². The summed E-state index contributed by atoms with van der Waals surface area (Å²) in [5.74, 6) is -1.73. The van der Waals surface area contributed by atoms with Crippen molar-refractivity contribution >= 4 is 69.5 Å². The molecule has 1 N–H and O–H groups in total. The Morgan fingerprint density at radius 1 is 0.933 bits per heavy atom. The summed E-state index contributed by atoms with van der Waals surface area (Å²) >= 11 is 8.19. The number of anilines is 3. The van der Waals surface area contributed by atoms with Crippen LogP contribution in [0.4, 0.5) is 17.1 Å². The van der Waals surface area contributed by atoms with Gasteiger partial charge in [-0.15, -0.1) is 0 Å². The standard InChI is InChI=1S/C33H31ClN4O5S2/c1-4-36(5-2)22-12-6-19(7-13-22)26-27-28(31(41)38(30(27)40)23-14-16-24(43-3)17-15-23)44-32-29(26)45-33(42)37(32)18-25(39)35-21-10-8-20(34)9-11-21/h6-17,26-28H,4-5,18H2,1-3H3,(H,35,39). The fourth-order valence-electron chi connectivity index (χ4n) is 5.96. The van der Waals surface area contributed by atoms with Crippen LogP contribution in [-0.2, 0) is 20.9 Å². The van der Waals surface area contributed by atoms with Gasteiger partial charge in [0.25, 0.3) is 0 Å². The van der Waals surface area contributed by atoms with Gasteiger partial charge in [0.15, 0.2) is 0 Å². The van der Waals surface area contributed by atoms with Gasteiger partial charge in [0.2, 0.25) is 17.7 Å². The molecule has 3 atom stereocenters. The van der Waals surface area contributed by atoms with E-state index >= 15 is 0 Å². The molecule has 0 saturated carbocycles. The Morgan fingerprint density at radius 3 is 2.22 bits per heavy atom. The number of rotatable bonds is 9. The fraction of sp³-hybridized carbons (Fsp3) is 0.273. The molecule has 3 aromatic carbocycles. The first kappa shape index (κ1) is 30.9. The number of benzene rings is 3. The van der Waals surface area contributed by atoms with Crippen molar-refractivity contribution in [3.05, 3.63) is 97.9 Å². The highest BCUT2D eigenvalue weighted by molar-refractivity contribution is 8.00. The zero-order valence-corrected chi connectivity index (χ0v) is 27.2. The summed E-state index contributed by atoms with van der Waals surface area (Å²) in [5, 5.41) is 3.10. The van der Waals surface area contributed by atoms with E-state index in [1.54, 1.807) is 55.6 Å². The van der Waals surface area contributed by atoms with Gasteiger partial charge in [0.1, 0.15) is 17.5 Å². The molecule has 2 aliphatic rings. The maximum atomic E-state index is 14.2. The number of halogens is 1. The SMILES string of the molecule is CCN(CC)c1ccc(C2c3sc(=O)n(CC(=O)Nc4ccc(Cl)cc4)c3SC3C(=O)N(c4ccc(OC)cc4)C(=O)C32)cc1. The second-order valence-corrected chi connectivity index (χ2v) is 13.3. The molecule has 6 rings (SSSR count). The first-order valence-electron chi connectivity index (χ1n) is 14.6. The van der Waals surface area contributed by atoms with E-state index in [2.05, 4.69) is 24.1 Å². The predicted molar refractivity (Wildman–Crippen MR) is 179 cm³/mol. The molecule has 9 nitrogen and oxygen atoms in total. The van der Waals surface area contributed by atoms with E-state index in [1.165, 1.54) is 21.2 Å². The first-order chi connectivity index (χ1) is 21.7. The molecule has 45 heavy (non-hydrogen) atoms. The zero-order valence-electron chi connectivity index (χ0n) is 24.9. The topological polar surface area (TPSA) is 101 Å². The van der Waals surface area contributed by atoms with Gasteiger partial charge in [0, 0.05) is 40.3 Å². The summed E-state index contributed by atoms with van der Waals surface area (Å²) in [4.78, 5) is 58.5. The molecule has 1 fully saturated rings. The molecule has 12 heteroatoms. The van der Waals surface area contributed by atoms with Gasteiger partial charge >= 0.3 is 4.87 Å². The van der Waals surface area contributed by atoms with Gasteiger partial charge in [-0.25, -0.2) is 4.90 Å². The Balaban J connectivity index is 1.40. The normalized spacial score (nSPS) is 18.8. The van der Waals surface area contributed by atoms with Crippen molar-refractivity contribution < 1.29 is 19.1 Å². The minimum absolute atomic E-state index is 0.240. The smallest absolute Gasteiger partial charge is 0.308 e. The molecule has 3 amide bonds. The molecule has 0 radical (unpaired) electrons. The maximum Gasteiger partial charge on any atom is 0.308 e. The molecular weight excluding hydrogens is 632 g/mol. The number of aromatic nitrogens is 1. The van der Waals surface area contributed by atoms with E-state index in [4.69, 9.17) is 16.3 Å². The summed E-state index contributed by atoms with van der Waals surface area (Å²) < 4.78 is 6.68. The quantitative estimate of drug-likeness (QED) is 0.224. The molecule has 3 unspecified atom stereocenters. The summed E-state index contributed by atoms with van der Waals surface area (Å²) in [6.07, 6.45) is 0. The van der Waals surface area contributed by atoms with Crippen molar-refractivity contribution in [2.24, 2.45) is 5.92 Å². The summed E-state index contributed by atoms with van der Waals surface area (Å²) in [6.45, 7) is 5.63. The number of carbonyl (C=O) groups is 3. The fourth-order valence-corrected chi connectivity index (χ4v) is 8.86. The monoisotopic (exact) mass is 662 g/mol. The Kier molecular flexibility index (Phi) is 8.76. The molecule has 3 heterocycles. The van der Waals surface area contributed by atoms with Crippen molar-refractivity contribution in [2.75, 3.05) is 35.3 Å². The van der Waals surface area contributed by atoms with Crippen LogP contribution in [0.15, 0.2) is 82.6 Å². The predicted octanol–water partition coefficient (Wildman–Crippen LogP) is 5.85. The highest BCUT2D eigenvalue weighted by atomic mass is 35.5. The van der Waals surface area contributed by atoms with Crippen molar-refractivity contribution in [1.82, 2.24) is 4.57 Å². The lowest BCUT2D eigenvalue weighted by Gasteiger charge is -2.31. The molecular formula is C33H31ClN4O5S2. The van der Waals surface area contributed by atoms with Crippen LogP contribution in [0, 0.1) is 5.92 Å². The van der Waals surface area contributed by atoms with Crippen molar-refractivity contribution in [1.29, 1.82) is 0 Å². The van der Waals surface area contributed by atoms with Gasteiger partial charge in [-0.3, -0.25) is 23.7 Å². The van der Waals surface area contributed by atoms with Crippen LogP contribution in [0.2, 0.25) is 5.02 Å². The molecule has 1 saturated heterocycles. The second-order valence-electron chi connectivity index (χ2n) is 10.7. The molecule has 4 aromatic rings. The van der Waals surface area contributed by atoms with Crippen molar-refractivity contribution in [3.63, 3.8) is 0 Å². The number of thioether (sulfide) groups is 1. The van der Waals surface area contributed by atoms with Crippen LogP contribution in [0.25, 0.3) is 0 Å². The van der Waals surface area contributed by atoms with Crippen LogP contribution >= 0.6 is 34.7 Å². The number of hydrogen-bond donors (Lipinski definition) is 1. The van der Waals surface area contributed by atoms with Crippen LogP contribution in [0.3, 0.4) is 0 Å². The van der Waals surface area contributed by atoms with Crippen molar-refractivity contribution in [2.45, 2.75) is 36.6 Å². The lowest BCUT2D eigenvalue weighted by Crippen LogP contribution is -2.33. The number of nitrogens with one attached hydrogen (secondary N) is 1. The lowest BCUT2D eigenvalue weighted by atomic mass is 9.83. The first-order valence-corrected chi connectivity index (χ1v) is 16.6. The van der Waals surface area contributed by atoms with Crippen LogP contribution in [0.5, 0.6) is 5.75 Å². The highest BCUT2D eigenvalue weighted by Gasteiger charge is 2.56. The Hall–Kier alpha value is -4.06. The number of nitrogens with zero attached hydrogens (tertiary/aromatic N) is 3. The van der Waals surface area contributed by atoms with Crippen LogP contribution in [-0.4, -0.2) is 47.7 Å². The van der Waals surface area contributed by atoms with E-state index in [9.17, 15) is 19.2 Å². The third kappa shape index (κ3) is 5.76. The van der Waals surface area contributed by atoms with Crippen molar-refractivity contribution in [3.8, 4) is 5.75 Å². The number of fused-ring (bicyclic) bond motifs is 2. The third-order valence-electron chi connectivity index (χ3n) is 8.19. The van der Waals surface area contributed by atoms with E-state index in [0.29, 0.717) is 32.1 Å². The number of methoxy groups -OCH3 is 1. The number of imide groups is 1. The van der Waals surface area contributed by atoms with E-state index in [1.807, 2.05) is 24.3 Å². The average molecular weight is 663 g/mol. The molecule has 2 aliphatic heterocycles. The number of carbonyl (C=O) groups excluding carboxylic acids is 3. The molecule has 0 aliphatic carbocycles. The lowest BCUT2D eigenvalue weighted by molar-refractivity contribution is -0.122. The number of thiazole rings is 1. The van der Waals surface area contributed by atoms with E-state index in [0.717, 1.165) is 35.7 Å². The van der Waals surface area contributed by atoms with E-state index < -0.39 is 23.0 Å². The Morgan fingerprint density at radius 2 is 1.60 bits per heavy atom. The summed E-state index contributed by atoms with van der Waals surface area (Å²) in [5.41, 5.74) is 2.88. The average Bonchev–Trinajstić information content (AvgIpc) is 3.49. The highest BCUT2D eigenvalue weighted by Crippen LogP contribution is 2.54. The largest absolute Gasteiger partial charge is 0.497 e. The minimum Gasteiger partial charge on any atom is -0.497 e. The Bertz CT molecular complexity index is 1800. The zero-order chi connectivity index (χ0) is 31.8. The molecule has 1 aromatic heterocycles. The van der Waals surface area contributed by atoms with Gasteiger partial charge < -0.3 is 15.0 Å². The van der Waals surface area contributed by atoms with Crippen LogP contribution in [0.1, 0.15) is 30.2 Å². The summed E-state index contributed by atoms with van der Waals surface area (Å²) in [6, 6.07) is 21.5. The number of amides is 3. The third-order valence-corrected chi connectivity index (χ3v) is 11.0.